The van der Waals surface area contributed by atoms with E-state index in [1.807, 2.05) is 14.1 Å². The van der Waals surface area contributed by atoms with Gasteiger partial charge in [0.05, 0.1) is 0 Å². The molecule has 72 valence electrons. The van der Waals surface area contributed by atoms with Crippen LogP contribution in [0.4, 0.5) is 0 Å². The fourth-order valence-electron chi connectivity index (χ4n) is 1.06. The zero-order valence-electron chi connectivity index (χ0n) is 8.88. The van der Waals surface area contributed by atoms with Gasteiger partial charge >= 0.3 is 0 Å². The van der Waals surface area contributed by atoms with Crippen LogP contribution in [0.15, 0.2) is 12.4 Å². The lowest BCUT2D eigenvalue weighted by molar-refractivity contribution is 0.367. The molecule has 0 aromatic carbocycles. The number of rotatable bonds is 6. The van der Waals surface area contributed by atoms with Crippen LogP contribution in [0, 0.1) is 0 Å². The van der Waals surface area contributed by atoms with Crippen LogP contribution in [0.3, 0.4) is 0 Å². The minimum absolute atomic E-state index is 1.16. The lowest BCUT2D eigenvalue weighted by Gasteiger charge is -2.19. The van der Waals surface area contributed by atoms with Crippen molar-refractivity contribution >= 4 is 0 Å². The molecule has 12 heavy (non-hydrogen) atoms. The summed E-state index contributed by atoms with van der Waals surface area (Å²) in [4.78, 5) is 4.43. The minimum atomic E-state index is 1.16. The third-order valence-electron chi connectivity index (χ3n) is 1.60. The topological polar surface area (TPSA) is 6.48 Å². The summed E-state index contributed by atoms with van der Waals surface area (Å²) in [7, 11) is 4.10. The molecule has 0 atom stereocenters. The Labute approximate surface area is 76.9 Å². The van der Waals surface area contributed by atoms with Crippen molar-refractivity contribution in [2.45, 2.75) is 26.7 Å². The molecule has 0 heterocycles. The summed E-state index contributed by atoms with van der Waals surface area (Å²) >= 11 is 0. The zero-order chi connectivity index (χ0) is 9.40. The van der Waals surface area contributed by atoms with Gasteiger partial charge in [0.1, 0.15) is 0 Å². The lowest BCUT2D eigenvalue weighted by Crippen LogP contribution is -2.19. The van der Waals surface area contributed by atoms with Crippen LogP contribution in [0.1, 0.15) is 26.7 Å². The molecule has 0 rings (SSSR count). The number of hydrogen-bond donors (Lipinski definition) is 0. The maximum absolute atomic E-state index is 2.36. The molecule has 0 radical (unpaired) electrons. The molecule has 2 nitrogen and oxygen atoms in total. The van der Waals surface area contributed by atoms with Gasteiger partial charge in [-0.15, -0.1) is 0 Å². The molecule has 0 amide bonds. The van der Waals surface area contributed by atoms with Crippen LogP contribution < -0.4 is 0 Å². The van der Waals surface area contributed by atoms with E-state index >= 15 is 0 Å². The summed E-state index contributed by atoms with van der Waals surface area (Å²) in [6.07, 6.45) is 6.72. The third-order valence-corrected chi connectivity index (χ3v) is 1.60. The maximum Gasteiger partial charge on any atom is 0.0170 e. The summed E-state index contributed by atoms with van der Waals surface area (Å²) in [5, 5.41) is 0. The van der Waals surface area contributed by atoms with Gasteiger partial charge in [-0.05, 0) is 12.8 Å². The summed E-state index contributed by atoms with van der Waals surface area (Å²) in [5.41, 5.74) is 0. The van der Waals surface area contributed by atoms with Crippen molar-refractivity contribution in [2.75, 3.05) is 27.2 Å². The summed E-state index contributed by atoms with van der Waals surface area (Å²) in [5.74, 6) is 0. The van der Waals surface area contributed by atoms with Gasteiger partial charge in [0.2, 0.25) is 0 Å². The van der Waals surface area contributed by atoms with Gasteiger partial charge in [-0.2, -0.15) is 0 Å². The highest BCUT2D eigenvalue weighted by atomic mass is 15.1. The molecule has 0 saturated heterocycles. The lowest BCUT2D eigenvalue weighted by atomic mass is 10.4. The van der Waals surface area contributed by atoms with Gasteiger partial charge in [0.25, 0.3) is 0 Å². The minimum Gasteiger partial charge on any atom is -0.382 e. The smallest absolute Gasteiger partial charge is 0.0170 e. The van der Waals surface area contributed by atoms with Gasteiger partial charge < -0.3 is 9.80 Å². The van der Waals surface area contributed by atoms with E-state index in [2.05, 4.69) is 36.0 Å². The standard InChI is InChI=1S/C10H22N2/c1-5-7-12(8-6-2)10-9-11(3)4/h9-10H,5-8H2,1-4H3/b10-9-. The summed E-state index contributed by atoms with van der Waals surface area (Å²) in [6.45, 7) is 6.76. The Morgan fingerprint density at radius 1 is 0.917 bits per heavy atom. The average molecular weight is 170 g/mol. The Morgan fingerprint density at radius 2 is 1.42 bits per heavy atom. The normalized spacial score (nSPS) is 10.7. The molecule has 0 fully saturated rings. The highest BCUT2D eigenvalue weighted by Gasteiger charge is 1.94. The molecule has 0 aromatic rings. The molecular formula is C10H22N2. The van der Waals surface area contributed by atoms with E-state index < -0.39 is 0 Å². The fraction of sp³-hybridized carbons (Fsp3) is 0.800. The molecule has 2 heteroatoms. The first-order valence-electron chi connectivity index (χ1n) is 4.79. The van der Waals surface area contributed by atoms with Crippen LogP contribution in [0.2, 0.25) is 0 Å². The van der Waals surface area contributed by atoms with Crippen LogP contribution in [0.5, 0.6) is 0 Å². The monoisotopic (exact) mass is 170 g/mol. The van der Waals surface area contributed by atoms with Crippen molar-refractivity contribution in [3.63, 3.8) is 0 Å². The van der Waals surface area contributed by atoms with E-state index in [4.69, 9.17) is 0 Å². The van der Waals surface area contributed by atoms with Crippen LogP contribution >= 0.6 is 0 Å². The van der Waals surface area contributed by atoms with E-state index in [0.29, 0.717) is 0 Å². The Hall–Kier alpha value is -0.660. The Morgan fingerprint density at radius 3 is 1.75 bits per heavy atom. The largest absolute Gasteiger partial charge is 0.382 e. The molecule has 0 unspecified atom stereocenters. The highest BCUT2D eigenvalue weighted by Crippen LogP contribution is 1.95. The van der Waals surface area contributed by atoms with Gasteiger partial charge in [-0.25, -0.2) is 0 Å². The Balaban J connectivity index is 3.76. The first kappa shape index (κ1) is 11.3. The quantitative estimate of drug-likeness (QED) is 0.602. The van der Waals surface area contributed by atoms with Gasteiger partial charge in [-0.1, -0.05) is 13.8 Å². The van der Waals surface area contributed by atoms with Crippen molar-refractivity contribution in [1.82, 2.24) is 9.80 Å². The van der Waals surface area contributed by atoms with Gasteiger partial charge in [0.15, 0.2) is 0 Å². The molecule has 0 saturated carbocycles. The second-order valence-electron chi connectivity index (χ2n) is 3.30. The van der Waals surface area contributed by atoms with E-state index in [9.17, 15) is 0 Å². The molecular weight excluding hydrogens is 148 g/mol. The first-order chi connectivity index (χ1) is 5.70. The summed E-state index contributed by atoms with van der Waals surface area (Å²) < 4.78 is 0. The van der Waals surface area contributed by atoms with Crippen molar-refractivity contribution in [3.8, 4) is 0 Å². The van der Waals surface area contributed by atoms with Crippen LogP contribution in [-0.2, 0) is 0 Å². The molecule has 0 aliphatic rings. The molecule has 0 aliphatic heterocycles. The van der Waals surface area contributed by atoms with Crippen molar-refractivity contribution in [2.24, 2.45) is 0 Å². The predicted octanol–water partition coefficient (Wildman–Crippen LogP) is 2.14. The Kier molecular flexibility index (Phi) is 6.63. The van der Waals surface area contributed by atoms with Crippen molar-refractivity contribution in [1.29, 1.82) is 0 Å². The third kappa shape index (κ3) is 6.08. The van der Waals surface area contributed by atoms with E-state index in [0.717, 1.165) is 13.1 Å². The van der Waals surface area contributed by atoms with E-state index in [-0.39, 0.29) is 0 Å². The van der Waals surface area contributed by atoms with Crippen LogP contribution in [-0.4, -0.2) is 37.0 Å². The first-order valence-corrected chi connectivity index (χ1v) is 4.79. The Bertz CT molecular complexity index is 113. The second kappa shape index (κ2) is 7.01. The number of nitrogens with zero attached hydrogens (tertiary/aromatic N) is 2. The van der Waals surface area contributed by atoms with Crippen molar-refractivity contribution < 1.29 is 0 Å². The molecule has 0 aliphatic carbocycles. The number of hydrogen-bond acceptors (Lipinski definition) is 2. The van der Waals surface area contributed by atoms with Crippen molar-refractivity contribution in [3.05, 3.63) is 12.4 Å². The fourth-order valence-corrected chi connectivity index (χ4v) is 1.06. The predicted molar refractivity (Wildman–Crippen MR) is 55.0 cm³/mol. The molecule has 0 N–H and O–H groups in total. The average Bonchev–Trinajstić information content (AvgIpc) is 2.01. The van der Waals surface area contributed by atoms with E-state index in [1.54, 1.807) is 0 Å². The second-order valence-corrected chi connectivity index (χ2v) is 3.30. The van der Waals surface area contributed by atoms with E-state index in [1.165, 1.54) is 12.8 Å². The molecule has 0 spiro atoms. The molecule has 0 bridgehead atoms. The van der Waals surface area contributed by atoms with Gasteiger partial charge in [0, 0.05) is 39.6 Å². The zero-order valence-corrected chi connectivity index (χ0v) is 8.88. The summed E-state index contributed by atoms with van der Waals surface area (Å²) in [6, 6.07) is 0. The highest BCUT2D eigenvalue weighted by molar-refractivity contribution is 4.79. The molecule has 0 aromatic heterocycles. The van der Waals surface area contributed by atoms with Crippen LogP contribution in [0.25, 0.3) is 0 Å². The maximum atomic E-state index is 2.36. The SMILES string of the molecule is CCCN(/C=C\N(C)C)CCC. The van der Waals surface area contributed by atoms with Gasteiger partial charge in [-0.3, -0.25) is 0 Å².